The molecule has 0 atom stereocenters. The third-order valence-corrected chi connectivity index (χ3v) is 5.68. The molecule has 3 rings (SSSR count). The molecule has 0 saturated heterocycles. The topological polar surface area (TPSA) is 72.2 Å². The maximum Gasteiger partial charge on any atom is 0.253 e. The molecule has 1 aromatic carbocycles. The summed E-state index contributed by atoms with van der Waals surface area (Å²) in [5, 5.41) is 8.06. The number of nitrogens with one attached hydrogen (secondary N) is 1. The molecule has 1 N–H and O–H groups in total. The van der Waals surface area contributed by atoms with Gasteiger partial charge in [0.2, 0.25) is 11.1 Å². The lowest BCUT2D eigenvalue weighted by atomic mass is 9.99. The summed E-state index contributed by atoms with van der Waals surface area (Å²) in [4.78, 5) is 21.0. The number of fused-ring (bicyclic) bond motifs is 1. The average molecular weight is 398 g/mol. The number of nitrogens with zero attached hydrogens (tertiary/aromatic N) is 4. The summed E-state index contributed by atoms with van der Waals surface area (Å²) in [5.74, 6) is 0.908. The number of thioether (sulfide) groups is 1. The largest absolute Gasteiger partial charge is 0.355 e. The van der Waals surface area contributed by atoms with Crippen LogP contribution >= 0.6 is 11.8 Å². The molecule has 6 nitrogen and oxygen atoms in total. The van der Waals surface area contributed by atoms with Crippen LogP contribution in [-0.2, 0) is 11.2 Å². The Bertz CT molecular complexity index is 982. The van der Waals surface area contributed by atoms with E-state index in [0.717, 1.165) is 37.2 Å². The third-order valence-electron chi connectivity index (χ3n) is 4.84. The van der Waals surface area contributed by atoms with E-state index in [1.54, 1.807) is 4.52 Å². The molecule has 0 spiro atoms. The molecule has 148 valence electrons. The first kappa shape index (κ1) is 20.3. The minimum Gasteiger partial charge on any atom is -0.355 e. The van der Waals surface area contributed by atoms with Crippen LogP contribution < -0.4 is 5.32 Å². The van der Waals surface area contributed by atoms with Crippen molar-refractivity contribution in [2.45, 2.75) is 52.1 Å². The molecule has 0 bridgehead atoms. The van der Waals surface area contributed by atoms with E-state index in [1.807, 2.05) is 6.92 Å². The predicted octanol–water partition coefficient (Wildman–Crippen LogP) is 3.65. The van der Waals surface area contributed by atoms with Crippen LogP contribution in [0.15, 0.2) is 29.4 Å². The van der Waals surface area contributed by atoms with Crippen molar-refractivity contribution in [2.24, 2.45) is 0 Å². The second kappa shape index (κ2) is 9.19. The minimum atomic E-state index is 0.0124. The van der Waals surface area contributed by atoms with Crippen molar-refractivity contribution < 1.29 is 4.79 Å². The Balaban J connectivity index is 1.78. The first-order chi connectivity index (χ1) is 13.5. The highest BCUT2D eigenvalue weighted by Crippen LogP contribution is 2.21. The summed E-state index contributed by atoms with van der Waals surface area (Å²) >= 11 is 1.34. The summed E-state index contributed by atoms with van der Waals surface area (Å²) in [6, 6.07) is 8.40. The molecule has 0 aliphatic rings. The Kier molecular flexibility index (Phi) is 6.67. The number of hydrogen-bond acceptors (Lipinski definition) is 5. The van der Waals surface area contributed by atoms with Gasteiger partial charge in [0, 0.05) is 24.4 Å². The standard InChI is InChI=1S/C21H27N5OS/c1-5-6-11-22-19(27)13-28-21-24-20-23-15(3)18(16(4)26(20)25-21)12-17-10-8-7-9-14(17)2/h7-10H,5-6,11-13H2,1-4H3,(H,22,27). The fraction of sp³-hybridized carbons (Fsp3) is 0.429. The van der Waals surface area contributed by atoms with Gasteiger partial charge in [-0.05, 0) is 43.9 Å². The van der Waals surface area contributed by atoms with Crippen LogP contribution in [0, 0.1) is 20.8 Å². The predicted molar refractivity (Wildman–Crippen MR) is 113 cm³/mol. The Morgan fingerprint density at radius 3 is 2.71 bits per heavy atom. The molecule has 0 unspecified atom stereocenters. The van der Waals surface area contributed by atoms with E-state index in [1.165, 1.54) is 28.5 Å². The van der Waals surface area contributed by atoms with E-state index < -0.39 is 0 Å². The summed E-state index contributed by atoms with van der Waals surface area (Å²) in [6.45, 7) is 9.02. The van der Waals surface area contributed by atoms with Crippen LogP contribution in [0.1, 0.15) is 47.8 Å². The van der Waals surface area contributed by atoms with Crippen LogP contribution in [0.5, 0.6) is 0 Å². The number of benzene rings is 1. The highest BCUT2D eigenvalue weighted by molar-refractivity contribution is 7.99. The molecular formula is C21H27N5OS. The number of rotatable bonds is 8. The van der Waals surface area contributed by atoms with Crippen molar-refractivity contribution in [3.05, 3.63) is 52.3 Å². The number of hydrogen-bond donors (Lipinski definition) is 1. The second-order valence-corrected chi connectivity index (χ2v) is 7.91. The minimum absolute atomic E-state index is 0.0124. The summed E-state index contributed by atoms with van der Waals surface area (Å²) < 4.78 is 1.79. The van der Waals surface area contributed by atoms with E-state index in [2.05, 4.69) is 65.4 Å². The molecule has 2 heterocycles. The maximum atomic E-state index is 11.9. The van der Waals surface area contributed by atoms with Crippen LogP contribution in [-0.4, -0.2) is 37.8 Å². The molecule has 7 heteroatoms. The van der Waals surface area contributed by atoms with Crippen LogP contribution in [0.4, 0.5) is 0 Å². The summed E-state index contributed by atoms with van der Waals surface area (Å²) in [6.07, 6.45) is 2.88. The lowest BCUT2D eigenvalue weighted by molar-refractivity contribution is -0.118. The number of aryl methyl sites for hydroxylation is 3. The summed E-state index contributed by atoms with van der Waals surface area (Å²) in [7, 11) is 0. The molecule has 28 heavy (non-hydrogen) atoms. The third kappa shape index (κ3) is 4.70. The quantitative estimate of drug-likeness (QED) is 0.464. The van der Waals surface area contributed by atoms with Gasteiger partial charge in [-0.25, -0.2) is 9.50 Å². The van der Waals surface area contributed by atoms with E-state index in [4.69, 9.17) is 0 Å². The first-order valence-corrected chi connectivity index (χ1v) is 10.6. The number of unbranched alkanes of at least 4 members (excludes halogenated alkanes) is 1. The molecule has 0 saturated carbocycles. The maximum absolute atomic E-state index is 11.9. The number of carbonyl (C=O) groups is 1. The van der Waals surface area contributed by atoms with E-state index in [-0.39, 0.29) is 5.91 Å². The van der Waals surface area contributed by atoms with Gasteiger partial charge in [-0.1, -0.05) is 49.4 Å². The lowest BCUT2D eigenvalue weighted by Crippen LogP contribution is -2.26. The fourth-order valence-corrected chi connectivity index (χ4v) is 3.74. The molecule has 1 amide bonds. The van der Waals surface area contributed by atoms with Gasteiger partial charge >= 0.3 is 0 Å². The zero-order valence-electron chi connectivity index (χ0n) is 17.0. The normalized spacial score (nSPS) is 11.1. The zero-order chi connectivity index (χ0) is 20.1. The molecule has 0 aliphatic heterocycles. The van der Waals surface area contributed by atoms with E-state index >= 15 is 0 Å². The van der Waals surface area contributed by atoms with E-state index in [9.17, 15) is 4.79 Å². The summed E-state index contributed by atoms with van der Waals surface area (Å²) in [5.41, 5.74) is 5.73. The molecule has 0 fully saturated rings. The van der Waals surface area contributed by atoms with Gasteiger partial charge < -0.3 is 5.32 Å². The number of amides is 1. The van der Waals surface area contributed by atoms with Gasteiger partial charge in [0.15, 0.2) is 0 Å². The van der Waals surface area contributed by atoms with Crippen LogP contribution in [0.2, 0.25) is 0 Å². The van der Waals surface area contributed by atoms with Gasteiger partial charge in [0.05, 0.1) is 5.75 Å². The van der Waals surface area contributed by atoms with E-state index in [0.29, 0.717) is 16.7 Å². The Hall–Kier alpha value is -2.41. The zero-order valence-corrected chi connectivity index (χ0v) is 17.8. The fourth-order valence-electron chi connectivity index (χ4n) is 3.09. The van der Waals surface area contributed by atoms with Crippen LogP contribution in [0.25, 0.3) is 5.78 Å². The lowest BCUT2D eigenvalue weighted by Gasteiger charge is -2.11. The molecule has 0 aliphatic carbocycles. The highest BCUT2D eigenvalue weighted by atomic mass is 32.2. The highest BCUT2D eigenvalue weighted by Gasteiger charge is 2.15. The van der Waals surface area contributed by atoms with Crippen molar-refractivity contribution in [3.8, 4) is 0 Å². The van der Waals surface area contributed by atoms with Crippen molar-refractivity contribution >= 4 is 23.4 Å². The SMILES string of the molecule is CCCCNC(=O)CSc1nc2nc(C)c(Cc3ccccc3C)c(C)n2n1. The smallest absolute Gasteiger partial charge is 0.253 e. The Morgan fingerprint density at radius 1 is 1.18 bits per heavy atom. The molecule has 2 aromatic heterocycles. The van der Waals surface area contributed by atoms with Crippen molar-refractivity contribution in [1.29, 1.82) is 0 Å². The van der Waals surface area contributed by atoms with Crippen molar-refractivity contribution in [1.82, 2.24) is 24.9 Å². The second-order valence-electron chi connectivity index (χ2n) is 6.96. The number of aromatic nitrogens is 4. The monoisotopic (exact) mass is 397 g/mol. The first-order valence-electron chi connectivity index (χ1n) is 9.66. The molecular weight excluding hydrogens is 370 g/mol. The van der Waals surface area contributed by atoms with Gasteiger partial charge in [0.1, 0.15) is 0 Å². The molecule has 3 aromatic rings. The van der Waals surface area contributed by atoms with Gasteiger partial charge in [-0.2, -0.15) is 4.98 Å². The van der Waals surface area contributed by atoms with Crippen molar-refractivity contribution in [2.75, 3.05) is 12.3 Å². The van der Waals surface area contributed by atoms with Crippen LogP contribution in [0.3, 0.4) is 0 Å². The average Bonchev–Trinajstić information content (AvgIpc) is 3.08. The van der Waals surface area contributed by atoms with Gasteiger partial charge in [-0.15, -0.1) is 5.10 Å². The Labute approximate surface area is 170 Å². The Morgan fingerprint density at radius 2 is 1.96 bits per heavy atom. The van der Waals surface area contributed by atoms with Gasteiger partial charge in [-0.3, -0.25) is 4.79 Å². The van der Waals surface area contributed by atoms with Gasteiger partial charge in [0.25, 0.3) is 5.78 Å². The molecule has 0 radical (unpaired) electrons. The number of carbonyl (C=O) groups excluding carboxylic acids is 1. The van der Waals surface area contributed by atoms with Crippen molar-refractivity contribution in [3.63, 3.8) is 0 Å².